The lowest BCUT2D eigenvalue weighted by molar-refractivity contribution is -0.128. The fourth-order valence-corrected chi connectivity index (χ4v) is 2.56. The third-order valence-corrected chi connectivity index (χ3v) is 4.23. The Kier molecular flexibility index (Phi) is 4.11. The van der Waals surface area contributed by atoms with Crippen LogP contribution >= 0.6 is 0 Å². The number of hydrogen-bond acceptors (Lipinski definition) is 3. The minimum Gasteiger partial charge on any atom is -0.356 e. The molecule has 0 saturated carbocycles. The summed E-state index contributed by atoms with van der Waals surface area (Å²) in [5.74, 6) is 0.650. The van der Waals surface area contributed by atoms with E-state index in [1.165, 1.54) is 0 Å². The van der Waals surface area contributed by atoms with Gasteiger partial charge in [-0.3, -0.25) is 9.59 Å². The molecule has 110 valence electrons. The van der Waals surface area contributed by atoms with Gasteiger partial charge >= 0.3 is 0 Å². The highest BCUT2D eigenvalue weighted by Gasteiger charge is 2.47. The summed E-state index contributed by atoms with van der Waals surface area (Å²) in [5.41, 5.74) is -0.415. The molecule has 20 heavy (non-hydrogen) atoms. The van der Waals surface area contributed by atoms with Crippen molar-refractivity contribution >= 4 is 11.8 Å². The lowest BCUT2D eigenvalue weighted by Crippen LogP contribution is -2.47. The van der Waals surface area contributed by atoms with E-state index >= 15 is 0 Å². The maximum Gasteiger partial charge on any atom is 0.225 e. The van der Waals surface area contributed by atoms with E-state index in [4.69, 9.17) is 0 Å². The first kappa shape index (κ1) is 14.6. The number of carbonyl (C=O) groups excluding carboxylic acids is 2. The zero-order valence-electron chi connectivity index (χ0n) is 12.3. The van der Waals surface area contributed by atoms with Crippen LogP contribution in [-0.2, 0) is 16.0 Å². The zero-order valence-corrected chi connectivity index (χ0v) is 12.3. The topological polar surface area (TPSA) is 78.1 Å². The summed E-state index contributed by atoms with van der Waals surface area (Å²) in [6, 6.07) is 0. The maximum absolute atomic E-state index is 12.2. The summed E-state index contributed by atoms with van der Waals surface area (Å²) in [6.45, 7) is 4.47. The minimum atomic E-state index is -0.415. The third-order valence-electron chi connectivity index (χ3n) is 4.23. The lowest BCUT2D eigenvalue weighted by atomic mass is 9.88. The van der Waals surface area contributed by atoms with E-state index in [0.717, 1.165) is 18.7 Å². The van der Waals surface area contributed by atoms with Crippen LogP contribution < -0.4 is 5.32 Å². The SMILES string of the molecule is CN1C(=O)CC(C(=O)NCCCc2ncc[nH]2)C1(C)C. The number of imidazole rings is 1. The number of nitrogens with zero attached hydrogens (tertiary/aromatic N) is 2. The predicted octanol–water partition coefficient (Wildman–Crippen LogP) is 0.715. The van der Waals surface area contributed by atoms with Gasteiger partial charge in [-0.05, 0) is 20.3 Å². The van der Waals surface area contributed by atoms with E-state index in [1.54, 1.807) is 24.3 Å². The van der Waals surface area contributed by atoms with Gasteiger partial charge in [0.2, 0.25) is 11.8 Å². The van der Waals surface area contributed by atoms with Crippen LogP contribution in [0.3, 0.4) is 0 Å². The molecule has 0 aromatic carbocycles. The largest absolute Gasteiger partial charge is 0.356 e. The molecular weight excluding hydrogens is 256 g/mol. The molecule has 1 saturated heterocycles. The van der Waals surface area contributed by atoms with E-state index in [9.17, 15) is 9.59 Å². The Morgan fingerprint density at radius 1 is 1.60 bits per heavy atom. The summed E-state index contributed by atoms with van der Waals surface area (Å²) >= 11 is 0. The van der Waals surface area contributed by atoms with Gasteiger partial charge in [-0.15, -0.1) is 0 Å². The molecule has 1 unspecified atom stereocenters. The van der Waals surface area contributed by atoms with Crippen LogP contribution in [0.1, 0.15) is 32.5 Å². The van der Waals surface area contributed by atoms with Crippen LogP contribution in [0.15, 0.2) is 12.4 Å². The van der Waals surface area contributed by atoms with Crippen LogP contribution in [0.4, 0.5) is 0 Å². The van der Waals surface area contributed by atoms with E-state index in [0.29, 0.717) is 13.0 Å². The number of rotatable bonds is 5. The van der Waals surface area contributed by atoms with Gasteiger partial charge in [0.25, 0.3) is 0 Å². The van der Waals surface area contributed by atoms with Gasteiger partial charge in [0, 0.05) is 44.4 Å². The Bertz CT molecular complexity index is 481. The number of aromatic amines is 1. The fraction of sp³-hybridized carbons (Fsp3) is 0.643. The summed E-state index contributed by atoms with van der Waals surface area (Å²) in [4.78, 5) is 32.8. The molecule has 0 spiro atoms. The van der Waals surface area contributed by atoms with Crippen molar-refractivity contribution in [2.45, 2.75) is 38.6 Å². The molecule has 2 rings (SSSR count). The van der Waals surface area contributed by atoms with E-state index in [2.05, 4.69) is 15.3 Å². The monoisotopic (exact) mass is 278 g/mol. The number of carbonyl (C=O) groups is 2. The van der Waals surface area contributed by atoms with Crippen LogP contribution in [0.5, 0.6) is 0 Å². The lowest BCUT2D eigenvalue weighted by Gasteiger charge is -2.32. The smallest absolute Gasteiger partial charge is 0.225 e. The Labute approximate surface area is 119 Å². The molecule has 0 aliphatic carbocycles. The Morgan fingerprint density at radius 2 is 2.35 bits per heavy atom. The van der Waals surface area contributed by atoms with Crippen molar-refractivity contribution in [3.05, 3.63) is 18.2 Å². The Balaban J connectivity index is 1.79. The number of aryl methyl sites for hydroxylation is 1. The Morgan fingerprint density at radius 3 is 2.90 bits per heavy atom. The molecule has 1 aliphatic heterocycles. The second kappa shape index (κ2) is 5.64. The number of likely N-dealkylation sites (tertiary alicyclic amines) is 1. The van der Waals surface area contributed by atoms with Crippen molar-refractivity contribution in [2.75, 3.05) is 13.6 Å². The first-order valence-corrected chi connectivity index (χ1v) is 6.95. The first-order chi connectivity index (χ1) is 9.43. The molecule has 6 nitrogen and oxygen atoms in total. The molecule has 0 bridgehead atoms. The zero-order chi connectivity index (χ0) is 14.8. The Hall–Kier alpha value is -1.85. The van der Waals surface area contributed by atoms with Crippen molar-refractivity contribution < 1.29 is 9.59 Å². The van der Waals surface area contributed by atoms with Crippen LogP contribution in [0, 0.1) is 5.92 Å². The van der Waals surface area contributed by atoms with E-state index < -0.39 is 5.54 Å². The normalized spacial score (nSPS) is 21.2. The van der Waals surface area contributed by atoms with Gasteiger partial charge in [-0.2, -0.15) is 0 Å². The van der Waals surface area contributed by atoms with Crippen molar-refractivity contribution in [3.8, 4) is 0 Å². The first-order valence-electron chi connectivity index (χ1n) is 6.95. The molecular formula is C14H22N4O2. The molecule has 2 heterocycles. The van der Waals surface area contributed by atoms with E-state index in [1.807, 2.05) is 13.8 Å². The summed E-state index contributed by atoms with van der Waals surface area (Å²) in [5, 5.41) is 2.92. The number of nitrogens with one attached hydrogen (secondary N) is 2. The van der Waals surface area contributed by atoms with Crippen molar-refractivity contribution in [1.82, 2.24) is 20.2 Å². The highest BCUT2D eigenvalue weighted by Crippen LogP contribution is 2.34. The van der Waals surface area contributed by atoms with Gasteiger partial charge in [0.05, 0.1) is 5.92 Å². The molecule has 1 atom stereocenters. The predicted molar refractivity (Wildman–Crippen MR) is 74.9 cm³/mol. The molecule has 6 heteroatoms. The fourth-order valence-electron chi connectivity index (χ4n) is 2.56. The van der Waals surface area contributed by atoms with Crippen molar-refractivity contribution in [2.24, 2.45) is 5.92 Å². The maximum atomic E-state index is 12.2. The number of H-pyrrole nitrogens is 1. The van der Waals surface area contributed by atoms with Gasteiger partial charge in [-0.25, -0.2) is 4.98 Å². The number of amides is 2. The molecule has 2 N–H and O–H groups in total. The summed E-state index contributed by atoms with van der Waals surface area (Å²) in [6.07, 6.45) is 5.44. The average Bonchev–Trinajstić information content (AvgIpc) is 2.98. The van der Waals surface area contributed by atoms with Crippen LogP contribution in [0.25, 0.3) is 0 Å². The molecule has 1 aromatic rings. The van der Waals surface area contributed by atoms with Crippen LogP contribution in [0.2, 0.25) is 0 Å². The van der Waals surface area contributed by atoms with Crippen molar-refractivity contribution in [3.63, 3.8) is 0 Å². The second-order valence-corrected chi connectivity index (χ2v) is 5.79. The number of hydrogen-bond donors (Lipinski definition) is 2. The van der Waals surface area contributed by atoms with Gasteiger partial charge < -0.3 is 15.2 Å². The minimum absolute atomic E-state index is 0.0331. The highest BCUT2D eigenvalue weighted by atomic mass is 16.2. The van der Waals surface area contributed by atoms with Gasteiger partial charge in [0.1, 0.15) is 5.82 Å². The van der Waals surface area contributed by atoms with Crippen LogP contribution in [-0.4, -0.2) is 45.8 Å². The van der Waals surface area contributed by atoms with E-state index in [-0.39, 0.29) is 17.7 Å². The quantitative estimate of drug-likeness (QED) is 0.779. The molecule has 1 aliphatic rings. The number of aromatic nitrogens is 2. The summed E-state index contributed by atoms with van der Waals surface area (Å²) in [7, 11) is 1.76. The molecule has 0 radical (unpaired) electrons. The van der Waals surface area contributed by atoms with Gasteiger partial charge in [-0.1, -0.05) is 0 Å². The molecule has 1 aromatic heterocycles. The standard InChI is InChI=1S/C14H22N4O2/c1-14(2)10(9-12(19)18(14)3)13(20)17-6-4-5-11-15-7-8-16-11/h7-8,10H,4-6,9H2,1-3H3,(H,15,16)(H,17,20). The highest BCUT2D eigenvalue weighted by molar-refractivity contribution is 5.90. The third kappa shape index (κ3) is 2.84. The average molecular weight is 278 g/mol. The van der Waals surface area contributed by atoms with Crippen molar-refractivity contribution in [1.29, 1.82) is 0 Å². The summed E-state index contributed by atoms with van der Waals surface area (Å²) < 4.78 is 0. The second-order valence-electron chi connectivity index (χ2n) is 5.79. The van der Waals surface area contributed by atoms with Gasteiger partial charge in [0.15, 0.2) is 0 Å². The molecule has 1 fully saturated rings. The molecule has 2 amide bonds.